The summed E-state index contributed by atoms with van der Waals surface area (Å²) in [7, 11) is -3.71. The molecule has 27 heavy (non-hydrogen) atoms. The summed E-state index contributed by atoms with van der Waals surface area (Å²) >= 11 is 0. The molecule has 0 aliphatic rings. The van der Waals surface area contributed by atoms with E-state index in [1.165, 1.54) is 18.4 Å². The number of ether oxygens (including phenoxy) is 1. The Hall–Kier alpha value is -2.97. The van der Waals surface area contributed by atoms with E-state index in [1.54, 1.807) is 42.6 Å². The molecule has 0 fully saturated rings. The first kappa shape index (κ1) is 18.8. The molecule has 8 heteroatoms. The lowest BCUT2D eigenvalue weighted by Gasteiger charge is -2.06. The van der Waals surface area contributed by atoms with Crippen molar-refractivity contribution in [2.24, 2.45) is 5.14 Å². The number of carbonyl (C=O) groups excluding carboxylic acids is 1. The fraction of sp³-hybridized carbons (Fsp3) is 0.158. The molecule has 3 aromatic rings. The monoisotopic (exact) mass is 386 g/mol. The van der Waals surface area contributed by atoms with E-state index in [9.17, 15) is 13.2 Å². The number of primary sulfonamides is 1. The number of hydrogen-bond donors (Lipinski definition) is 1. The van der Waals surface area contributed by atoms with Gasteiger partial charge in [0.15, 0.2) is 5.89 Å². The van der Waals surface area contributed by atoms with Gasteiger partial charge in [0.2, 0.25) is 10.0 Å². The van der Waals surface area contributed by atoms with Crippen LogP contribution in [0.2, 0.25) is 0 Å². The van der Waals surface area contributed by atoms with Gasteiger partial charge in [-0.1, -0.05) is 24.3 Å². The highest BCUT2D eigenvalue weighted by molar-refractivity contribution is 7.89. The topological polar surface area (TPSA) is 112 Å². The van der Waals surface area contributed by atoms with E-state index < -0.39 is 10.0 Å². The van der Waals surface area contributed by atoms with Gasteiger partial charge >= 0.3 is 5.97 Å². The SMILES string of the molecule is NS(=O)(=O)c1ccc(-c2ccc(OC(=O)CCCc3ncco3)cc2)cc1. The fourth-order valence-electron chi connectivity index (χ4n) is 2.50. The average molecular weight is 386 g/mol. The molecule has 0 atom stereocenters. The Morgan fingerprint density at radius 3 is 2.22 bits per heavy atom. The summed E-state index contributed by atoms with van der Waals surface area (Å²) in [5.41, 5.74) is 1.69. The molecule has 7 nitrogen and oxygen atoms in total. The number of hydrogen-bond acceptors (Lipinski definition) is 6. The van der Waals surface area contributed by atoms with Crippen molar-refractivity contribution in [3.05, 3.63) is 66.9 Å². The number of nitrogens with two attached hydrogens (primary N) is 1. The first-order valence-corrected chi connectivity index (χ1v) is 9.79. The van der Waals surface area contributed by atoms with Gasteiger partial charge in [-0.25, -0.2) is 18.5 Å². The van der Waals surface area contributed by atoms with E-state index in [2.05, 4.69) is 4.98 Å². The Kier molecular flexibility index (Phi) is 5.68. The summed E-state index contributed by atoms with van der Waals surface area (Å²) in [5.74, 6) is 0.716. The molecule has 1 heterocycles. The Morgan fingerprint density at radius 2 is 1.67 bits per heavy atom. The summed E-state index contributed by atoms with van der Waals surface area (Å²) in [4.78, 5) is 15.9. The number of nitrogens with zero attached hydrogens (tertiary/aromatic N) is 1. The van der Waals surface area contributed by atoms with Crippen LogP contribution in [0.1, 0.15) is 18.7 Å². The minimum Gasteiger partial charge on any atom is -0.449 e. The van der Waals surface area contributed by atoms with Crippen molar-refractivity contribution in [2.45, 2.75) is 24.2 Å². The molecule has 0 spiro atoms. The normalized spacial score (nSPS) is 11.3. The van der Waals surface area contributed by atoms with Gasteiger partial charge in [-0.3, -0.25) is 4.79 Å². The Labute approximate surface area is 156 Å². The summed E-state index contributed by atoms with van der Waals surface area (Å²) in [5, 5.41) is 5.09. The van der Waals surface area contributed by atoms with E-state index in [-0.39, 0.29) is 17.3 Å². The fourth-order valence-corrected chi connectivity index (χ4v) is 3.01. The second-order valence-corrected chi connectivity index (χ2v) is 7.41. The molecule has 2 aromatic carbocycles. The largest absolute Gasteiger partial charge is 0.449 e. The summed E-state index contributed by atoms with van der Waals surface area (Å²) in [6.45, 7) is 0. The Morgan fingerprint density at radius 1 is 1.04 bits per heavy atom. The number of rotatable bonds is 7. The number of oxazole rings is 1. The van der Waals surface area contributed by atoms with Crippen molar-refractivity contribution >= 4 is 16.0 Å². The number of aryl methyl sites for hydroxylation is 1. The number of sulfonamides is 1. The highest BCUT2D eigenvalue weighted by atomic mass is 32.2. The van der Waals surface area contributed by atoms with Gasteiger partial charge in [0, 0.05) is 12.8 Å². The van der Waals surface area contributed by atoms with Gasteiger partial charge in [-0.15, -0.1) is 0 Å². The predicted molar refractivity (Wildman–Crippen MR) is 98.3 cm³/mol. The molecule has 140 valence electrons. The van der Waals surface area contributed by atoms with E-state index >= 15 is 0 Å². The van der Waals surface area contributed by atoms with Crippen LogP contribution in [0.15, 0.2) is 70.3 Å². The van der Waals surface area contributed by atoms with Crippen LogP contribution in [0.3, 0.4) is 0 Å². The van der Waals surface area contributed by atoms with Crippen molar-refractivity contribution in [1.82, 2.24) is 4.98 Å². The smallest absolute Gasteiger partial charge is 0.311 e. The molecule has 0 aliphatic carbocycles. The van der Waals surface area contributed by atoms with Crippen LogP contribution in [0.4, 0.5) is 0 Å². The zero-order valence-electron chi connectivity index (χ0n) is 14.4. The molecule has 0 aliphatic heterocycles. The second kappa shape index (κ2) is 8.15. The summed E-state index contributed by atoms with van der Waals surface area (Å²) in [6, 6.07) is 13.2. The lowest BCUT2D eigenvalue weighted by Crippen LogP contribution is -2.11. The number of aromatic nitrogens is 1. The zero-order chi connectivity index (χ0) is 19.3. The first-order chi connectivity index (χ1) is 12.9. The van der Waals surface area contributed by atoms with Crippen LogP contribution in [0, 0.1) is 0 Å². The quantitative estimate of drug-likeness (QED) is 0.493. The van der Waals surface area contributed by atoms with Gasteiger partial charge in [-0.05, 0) is 41.8 Å². The minimum absolute atomic E-state index is 0.0570. The van der Waals surface area contributed by atoms with Crippen LogP contribution in [0.5, 0.6) is 5.75 Å². The predicted octanol–water partition coefficient (Wildman–Crippen LogP) is 2.92. The van der Waals surface area contributed by atoms with Gasteiger partial charge in [-0.2, -0.15) is 0 Å². The van der Waals surface area contributed by atoms with Crippen LogP contribution in [-0.4, -0.2) is 19.4 Å². The number of esters is 1. The van der Waals surface area contributed by atoms with Crippen molar-refractivity contribution in [2.75, 3.05) is 0 Å². The van der Waals surface area contributed by atoms with Crippen molar-refractivity contribution in [3.8, 4) is 16.9 Å². The molecule has 2 N–H and O–H groups in total. The Balaban J connectivity index is 1.56. The summed E-state index contributed by atoms with van der Waals surface area (Å²) in [6.07, 6.45) is 4.50. The third-order valence-electron chi connectivity index (χ3n) is 3.86. The first-order valence-electron chi connectivity index (χ1n) is 8.24. The van der Waals surface area contributed by atoms with E-state index in [4.69, 9.17) is 14.3 Å². The molecule has 3 rings (SSSR count). The molecule has 0 amide bonds. The molecule has 0 radical (unpaired) electrons. The van der Waals surface area contributed by atoms with Crippen molar-refractivity contribution in [1.29, 1.82) is 0 Å². The maximum atomic E-state index is 11.9. The third-order valence-corrected chi connectivity index (χ3v) is 4.79. The highest BCUT2D eigenvalue weighted by Crippen LogP contribution is 2.24. The molecule has 1 aromatic heterocycles. The zero-order valence-corrected chi connectivity index (χ0v) is 15.2. The van der Waals surface area contributed by atoms with Crippen LogP contribution >= 0.6 is 0 Å². The lowest BCUT2D eigenvalue weighted by atomic mass is 10.1. The molecular formula is C19H18N2O5S. The number of benzene rings is 2. The number of carbonyl (C=O) groups is 1. The van der Waals surface area contributed by atoms with E-state index in [1.807, 2.05) is 0 Å². The van der Waals surface area contributed by atoms with E-state index in [0.717, 1.165) is 11.1 Å². The second-order valence-electron chi connectivity index (χ2n) is 5.85. The van der Waals surface area contributed by atoms with Crippen LogP contribution in [-0.2, 0) is 21.2 Å². The lowest BCUT2D eigenvalue weighted by molar-refractivity contribution is -0.134. The van der Waals surface area contributed by atoms with Crippen molar-refractivity contribution < 1.29 is 22.4 Å². The van der Waals surface area contributed by atoms with Crippen LogP contribution < -0.4 is 9.88 Å². The maximum absolute atomic E-state index is 11.9. The van der Waals surface area contributed by atoms with Gasteiger partial charge in [0.05, 0.1) is 11.1 Å². The van der Waals surface area contributed by atoms with Crippen LogP contribution in [0.25, 0.3) is 11.1 Å². The molecule has 0 saturated heterocycles. The molecule has 0 unspecified atom stereocenters. The minimum atomic E-state index is -3.71. The van der Waals surface area contributed by atoms with Gasteiger partial charge in [0.1, 0.15) is 12.0 Å². The summed E-state index contributed by atoms with van der Waals surface area (Å²) < 4.78 is 33.0. The molecule has 0 bridgehead atoms. The van der Waals surface area contributed by atoms with Gasteiger partial charge in [0.25, 0.3) is 0 Å². The van der Waals surface area contributed by atoms with E-state index in [0.29, 0.717) is 24.5 Å². The van der Waals surface area contributed by atoms with Gasteiger partial charge < -0.3 is 9.15 Å². The third kappa shape index (κ3) is 5.25. The average Bonchev–Trinajstić information content (AvgIpc) is 3.15. The standard InChI is InChI=1S/C19H18N2O5S/c20-27(23,24)17-10-6-15(7-11-17)14-4-8-16(9-5-14)26-19(22)3-1-2-18-21-12-13-25-18/h4-13H,1-3H2,(H2,20,23,24). The Bertz CT molecular complexity index is 995. The highest BCUT2D eigenvalue weighted by Gasteiger charge is 2.09. The van der Waals surface area contributed by atoms with Crippen molar-refractivity contribution in [3.63, 3.8) is 0 Å². The molecule has 0 saturated carbocycles. The molecular weight excluding hydrogens is 368 g/mol. The maximum Gasteiger partial charge on any atom is 0.311 e.